The highest BCUT2D eigenvalue weighted by atomic mass is 16.5. The second-order valence-electron chi connectivity index (χ2n) is 5.57. The number of fused-ring (bicyclic) bond motifs is 2. The lowest BCUT2D eigenvalue weighted by atomic mass is 10.1. The number of imidazole rings is 1. The fourth-order valence-corrected chi connectivity index (χ4v) is 3.06. The van der Waals surface area contributed by atoms with Crippen molar-refractivity contribution < 1.29 is 4.74 Å². The zero-order chi connectivity index (χ0) is 14.4. The molecule has 0 fully saturated rings. The molecular weight excluding hydrogens is 262 g/mol. The van der Waals surface area contributed by atoms with Crippen molar-refractivity contribution in [2.24, 2.45) is 0 Å². The standard InChI is InChI=1S/C17H17N3O/c1-11-5-4-7-14-16(11)19-17(18)20(14)10-13-9-12-6-2-3-8-15(12)21-13/h2-8,13H,9-10H2,1H3,(H2,18,19). The molecule has 0 saturated carbocycles. The lowest BCUT2D eigenvalue weighted by Gasteiger charge is -2.13. The number of nitrogens with zero attached hydrogens (tertiary/aromatic N) is 2. The zero-order valence-corrected chi connectivity index (χ0v) is 11.9. The number of hydrogen-bond donors (Lipinski definition) is 1. The average Bonchev–Trinajstić information content (AvgIpc) is 3.02. The van der Waals surface area contributed by atoms with Gasteiger partial charge in [0.05, 0.1) is 17.6 Å². The van der Waals surface area contributed by atoms with E-state index in [2.05, 4.69) is 40.7 Å². The van der Waals surface area contributed by atoms with Gasteiger partial charge in [0.1, 0.15) is 11.9 Å². The maximum Gasteiger partial charge on any atom is 0.201 e. The minimum absolute atomic E-state index is 0.114. The molecular formula is C17H17N3O. The van der Waals surface area contributed by atoms with Gasteiger partial charge in [0, 0.05) is 6.42 Å². The number of rotatable bonds is 2. The lowest BCUT2D eigenvalue weighted by Crippen LogP contribution is -2.21. The van der Waals surface area contributed by atoms with Gasteiger partial charge in [0.2, 0.25) is 5.95 Å². The molecule has 0 radical (unpaired) electrons. The molecule has 106 valence electrons. The molecule has 0 aliphatic carbocycles. The molecule has 21 heavy (non-hydrogen) atoms. The zero-order valence-electron chi connectivity index (χ0n) is 11.9. The molecule has 1 aliphatic rings. The number of aromatic nitrogens is 2. The average molecular weight is 279 g/mol. The smallest absolute Gasteiger partial charge is 0.201 e. The molecule has 3 aromatic rings. The molecule has 4 heteroatoms. The third-order valence-corrected chi connectivity index (χ3v) is 4.11. The van der Waals surface area contributed by atoms with Gasteiger partial charge in [-0.05, 0) is 30.2 Å². The van der Waals surface area contributed by atoms with Crippen molar-refractivity contribution in [2.75, 3.05) is 5.73 Å². The van der Waals surface area contributed by atoms with E-state index in [1.165, 1.54) is 5.56 Å². The van der Waals surface area contributed by atoms with Gasteiger partial charge in [-0.15, -0.1) is 0 Å². The highest BCUT2D eigenvalue weighted by molar-refractivity contribution is 5.81. The summed E-state index contributed by atoms with van der Waals surface area (Å²) in [6.07, 6.45) is 1.03. The largest absolute Gasteiger partial charge is 0.488 e. The molecule has 0 spiro atoms. The Kier molecular flexibility index (Phi) is 2.64. The number of aryl methyl sites for hydroxylation is 1. The van der Waals surface area contributed by atoms with E-state index in [9.17, 15) is 0 Å². The van der Waals surface area contributed by atoms with E-state index in [1.807, 2.05) is 18.2 Å². The van der Waals surface area contributed by atoms with Crippen molar-refractivity contribution in [3.63, 3.8) is 0 Å². The van der Waals surface area contributed by atoms with Gasteiger partial charge in [-0.25, -0.2) is 4.98 Å². The summed E-state index contributed by atoms with van der Waals surface area (Å²) in [5.41, 5.74) is 10.6. The Morgan fingerprint density at radius 3 is 2.95 bits per heavy atom. The first-order valence-electron chi connectivity index (χ1n) is 7.18. The summed E-state index contributed by atoms with van der Waals surface area (Å²) in [5.74, 6) is 1.54. The van der Waals surface area contributed by atoms with E-state index < -0.39 is 0 Å². The van der Waals surface area contributed by atoms with Crippen molar-refractivity contribution in [1.29, 1.82) is 0 Å². The molecule has 1 unspecified atom stereocenters. The van der Waals surface area contributed by atoms with Crippen LogP contribution in [0.25, 0.3) is 11.0 Å². The first-order chi connectivity index (χ1) is 10.2. The number of ether oxygens (including phenoxy) is 1. The van der Waals surface area contributed by atoms with Crippen molar-refractivity contribution in [3.05, 3.63) is 53.6 Å². The monoisotopic (exact) mass is 279 g/mol. The number of nitrogen functional groups attached to an aromatic ring is 1. The summed E-state index contributed by atoms with van der Waals surface area (Å²) in [6, 6.07) is 14.4. The molecule has 4 nitrogen and oxygen atoms in total. The van der Waals surface area contributed by atoms with Crippen LogP contribution in [-0.4, -0.2) is 15.7 Å². The summed E-state index contributed by atoms with van der Waals surface area (Å²) in [6.45, 7) is 2.78. The summed E-state index contributed by atoms with van der Waals surface area (Å²) in [4.78, 5) is 4.49. The first kappa shape index (κ1) is 12.3. The Balaban J connectivity index is 1.67. The van der Waals surface area contributed by atoms with Crippen LogP contribution in [-0.2, 0) is 13.0 Å². The minimum atomic E-state index is 0.114. The normalized spacial score (nSPS) is 16.9. The fraction of sp³-hybridized carbons (Fsp3) is 0.235. The van der Waals surface area contributed by atoms with E-state index in [0.29, 0.717) is 5.95 Å². The van der Waals surface area contributed by atoms with E-state index in [4.69, 9.17) is 10.5 Å². The highest BCUT2D eigenvalue weighted by Gasteiger charge is 2.24. The molecule has 2 aromatic carbocycles. The van der Waals surface area contributed by atoms with Gasteiger partial charge >= 0.3 is 0 Å². The Bertz CT molecular complexity index is 797. The van der Waals surface area contributed by atoms with E-state index >= 15 is 0 Å². The predicted octanol–water partition coefficient (Wildman–Crippen LogP) is 2.93. The van der Waals surface area contributed by atoms with E-state index in [0.717, 1.165) is 35.3 Å². The number of benzene rings is 2. The Morgan fingerprint density at radius 2 is 2.10 bits per heavy atom. The van der Waals surface area contributed by atoms with Crippen LogP contribution in [0.3, 0.4) is 0 Å². The number of nitrogens with two attached hydrogens (primary N) is 1. The van der Waals surface area contributed by atoms with Crippen LogP contribution in [0.2, 0.25) is 0 Å². The molecule has 2 heterocycles. The summed E-state index contributed by atoms with van der Waals surface area (Å²) in [7, 11) is 0. The van der Waals surface area contributed by atoms with Gasteiger partial charge in [0.25, 0.3) is 0 Å². The van der Waals surface area contributed by atoms with Crippen LogP contribution in [0.4, 0.5) is 5.95 Å². The molecule has 1 aromatic heterocycles. The van der Waals surface area contributed by atoms with Crippen LogP contribution < -0.4 is 10.5 Å². The number of anilines is 1. The van der Waals surface area contributed by atoms with Crippen molar-refractivity contribution in [3.8, 4) is 5.75 Å². The molecule has 1 atom stereocenters. The first-order valence-corrected chi connectivity index (χ1v) is 7.18. The Hall–Kier alpha value is -2.49. The van der Waals surface area contributed by atoms with Crippen LogP contribution in [0.1, 0.15) is 11.1 Å². The molecule has 0 amide bonds. The molecule has 1 aliphatic heterocycles. The van der Waals surface area contributed by atoms with Gasteiger partial charge < -0.3 is 15.0 Å². The van der Waals surface area contributed by atoms with Gasteiger partial charge in [-0.2, -0.15) is 0 Å². The third-order valence-electron chi connectivity index (χ3n) is 4.11. The van der Waals surface area contributed by atoms with Crippen LogP contribution in [0, 0.1) is 6.92 Å². The third kappa shape index (κ3) is 1.95. The summed E-state index contributed by atoms with van der Waals surface area (Å²) >= 11 is 0. The van der Waals surface area contributed by atoms with Crippen molar-refractivity contribution in [1.82, 2.24) is 9.55 Å². The molecule has 0 saturated heterocycles. The molecule has 0 bridgehead atoms. The topological polar surface area (TPSA) is 53.1 Å². The number of para-hydroxylation sites is 2. The van der Waals surface area contributed by atoms with Gasteiger partial charge in [0.15, 0.2) is 0 Å². The Labute approximate surface area is 123 Å². The van der Waals surface area contributed by atoms with Crippen LogP contribution in [0.5, 0.6) is 5.75 Å². The SMILES string of the molecule is Cc1cccc2c1nc(N)n2CC1Cc2ccccc2O1. The minimum Gasteiger partial charge on any atom is -0.488 e. The molecule has 2 N–H and O–H groups in total. The van der Waals surface area contributed by atoms with Crippen molar-refractivity contribution >= 4 is 17.0 Å². The highest BCUT2D eigenvalue weighted by Crippen LogP contribution is 2.30. The fourth-order valence-electron chi connectivity index (χ4n) is 3.06. The van der Waals surface area contributed by atoms with Crippen molar-refractivity contribution in [2.45, 2.75) is 26.0 Å². The predicted molar refractivity (Wildman–Crippen MR) is 83.4 cm³/mol. The maximum atomic E-state index is 6.10. The second-order valence-corrected chi connectivity index (χ2v) is 5.57. The van der Waals surface area contributed by atoms with Crippen LogP contribution >= 0.6 is 0 Å². The quantitative estimate of drug-likeness (QED) is 0.784. The van der Waals surface area contributed by atoms with E-state index in [-0.39, 0.29) is 6.10 Å². The number of hydrogen-bond acceptors (Lipinski definition) is 3. The van der Waals surface area contributed by atoms with E-state index in [1.54, 1.807) is 0 Å². The lowest BCUT2D eigenvalue weighted by molar-refractivity contribution is 0.211. The van der Waals surface area contributed by atoms with Gasteiger partial charge in [-0.1, -0.05) is 30.3 Å². The molecule has 4 rings (SSSR count). The summed E-state index contributed by atoms with van der Waals surface area (Å²) < 4.78 is 8.06. The summed E-state index contributed by atoms with van der Waals surface area (Å²) in [5, 5.41) is 0. The second kappa shape index (κ2) is 4.52. The van der Waals surface area contributed by atoms with Gasteiger partial charge in [-0.3, -0.25) is 0 Å². The Morgan fingerprint density at radius 1 is 1.24 bits per heavy atom. The maximum absolute atomic E-state index is 6.10. The van der Waals surface area contributed by atoms with Crippen LogP contribution in [0.15, 0.2) is 42.5 Å².